The minimum Gasteiger partial charge on any atom is -0.458 e. The molecule has 0 saturated heterocycles. The zero-order valence-electron chi connectivity index (χ0n) is 67.3. The van der Waals surface area contributed by atoms with E-state index in [2.05, 4.69) is 296 Å². The van der Waals surface area contributed by atoms with Gasteiger partial charge in [-0.05, 0) is 195 Å². The van der Waals surface area contributed by atoms with E-state index in [9.17, 15) is 8.22 Å². The fraction of sp³-hybridized carbons (Fsp3) is 0.0495. The Kier molecular flexibility index (Phi) is 11.3. The molecule has 504 valence electrons. The van der Waals surface area contributed by atoms with E-state index in [0.29, 0.717) is 17.2 Å². The third-order valence-corrected chi connectivity index (χ3v) is 23.8. The molecule has 1 spiro atoms. The molecule has 5 nitrogen and oxygen atoms in total. The van der Waals surface area contributed by atoms with E-state index in [0.717, 1.165) is 117 Å². The van der Waals surface area contributed by atoms with E-state index in [1.807, 2.05) is 48.5 Å². The van der Waals surface area contributed by atoms with Crippen molar-refractivity contribution >= 4 is 119 Å². The first-order valence-corrected chi connectivity index (χ1v) is 37.2. The summed E-state index contributed by atoms with van der Waals surface area (Å²) in [6.07, 6.45) is 0. The van der Waals surface area contributed by atoms with Crippen molar-refractivity contribution < 1.29 is 15.7 Å². The van der Waals surface area contributed by atoms with Crippen molar-refractivity contribution in [3.05, 3.63) is 386 Å². The Labute approximate surface area is 640 Å². The van der Waals surface area contributed by atoms with Gasteiger partial charge in [0.25, 0.3) is 13.4 Å². The molecule has 0 bridgehead atoms. The van der Waals surface area contributed by atoms with E-state index < -0.39 is 55.1 Å². The quantitative estimate of drug-likeness (QED) is 0.148. The first-order valence-electron chi connectivity index (χ1n) is 41.2. The minimum absolute atomic E-state index is 0.00251. The van der Waals surface area contributed by atoms with Gasteiger partial charge in [0.15, 0.2) is 0 Å². The van der Waals surface area contributed by atoms with Crippen molar-refractivity contribution in [3.63, 3.8) is 0 Å². The van der Waals surface area contributed by atoms with Gasteiger partial charge in [-0.1, -0.05) is 288 Å². The largest absolute Gasteiger partial charge is 0.458 e. The summed E-state index contributed by atoms with van der Waals surface area (Å²) in [6.45, 7) is 6.06. The molecule has 0 fully saturated rings. The van der Waals surface area contributed by atoms with Crippen LogP contribution in [0.1, 0.15) is 59.6 Å². The number of benzene rings is 16. The van der Waals surface area contributed by atoms with Gasteiger partial charge in [0.2, 0.25) is 0 Å². The topological polar surface area (TPSA) is 23.9 Å². The SMILES string of the molecule is [2H]c1c([2H])c([2H])c2c(c1[2H])c1c([2H])c([2H])c([2H])c([2H])c1n2-c1cc2c3c(c1)N(c1ccccc1)c1cc4c(cc1B3c1ccccc1N2c1ccccc1)B1c2ccccc2N(c2c(-c3ccccc3)cc(C(C)(C)C)cc2-c2ccccc2)c2cc(-c3cccc5c3C3(c6ccccc6-c6ccccc63)c3ccccc3-5)cc(c21)O4. The predicted molar refractivity (Wildman–Crippen MR) is 452 cm³/mol. The van der Waals surface area contributed by atoms with Crippen LogP contribution in [0.4, 0.5) is 51.2 Å². The number of ether oxygens (including phenoxy) is 1. The summed E-state index contributed by atoms with van der Waals surface area (Å²) in [5.41, 5.74) is 31.2. The molecule has 23 rings (SSSR count). The Bertz CT molecular complexity index is 6990. The molecule has 0 N–H and O–H groups in total. The van der Waals surface area contributed by atoms with Crippen LogP contribution in [0.5, 0.6) is 11.5 Å². The highest BCUT2D eigenvalue weighted by Crippen LogP contribution is 2.65. The number of rotatable bonds is 7. The van der Waals surface area contributed by atoms with Crippen molar-refractivity contribution in [1.29, 1.82) is 0 Å². The fourth-order valence-electron chi connectivity index (χ4n) is 19.4. The molecule has 0 unspecified atom stereocenters. The summed E-state index contributed by atoms with van der Waals surface area (Å²) in [5, 5.41) is 0.00501. The Balaban J connectivity index is 0.834. The van der Waals surface area contributed by atoms with Gasteiger partial charge in [-0.3, -0.25) is 0 Å². The first kappa shape index (κ1) is 53.4. The minimum atomic E-state index is -0.698. The summed E-state index contributed by atoms with van der Waals surface area (Å²) in [7, 11) is 0. The number of anilines is 9. The summed E-state index contributed by atoms with van der Waals surface area (Å²) < 4.78 is 85.2. The number of para-hydroxylation sites is 6. The Morgan fingerprint density at radius 3 is 1.34 bits per heavy atom. The smallest absolute Gasteiger partial charge is 0.256 e. The van der Waals surface area contributed by atoms with E-state index in [1.165, 1.54) is 50.1 Å². The van der Waals surface area contributed by atoms with Crippen molar-refractivity contribution in [2.24, 2.45) is 0 Å². The second-order valence-corrected chi connectivity index (χ2v) is 30.3. The molecule has 1 aromatic heterocycles. The maximum atomic E-state index is 9.82. The van der Waals surface area contributed by atoms with Crippen LogP contribution in [0, 0.1) is 0 Å². The molecule has 5 heterocycles. The lowest BCUT2D eigenvalue weighted by Gasteiger charge is -2.46. The molecular formula is C101H68B2N4O. The maximum Gasteiger partial charge on any atom is 0.256 e. The zero-order valence-corrected chi connectivity index (χ0v) is 59.3. The van der Waals surface area contributed by atoms with Crippen molar-refractivity contribution in [1.82, 2.24) is 4.57 Å². The van der Waals surface area contributed by atoms with Crippen LogP contribution >= 0.6 is 0 Å². The van der Waals surface area contributed by atoms with E-state index in [1.54, 1.807) is 4.57 Å². The molecule has 0 atom stereocenters. The van der Waals surface area contributed by atoms with Crippen LogP contribution in [-0.4, -0.2) is 18.0 Å². The van der Waals surface area contributed by atoms with E-state index in [4.69, 9.17) is 7.48 Å². The second-order valence-electron chi connectivity index (χ2n) is 30.3. The Hall–Kier alpha value is -13.4. The van der Waals surface area contributed by atoms with Crippen LogP contribution in [0.2, 0.25) is 0 Å². The highest BCUT2D eigenvalue weighted by molar-refractivity contribution is 7.02. The summed E-state index contributed by atoms with van der Waals surface area (Å²) in [5.74, 6) is 1.38. The number of aromatic nitrogens is 1. The normalized spacial score (nSPS) is 15.0. The Morgan fingerprint density at radius 1 is 0.324 bits per heavy atom. The average molecular weight is 1380 g/mol. The van der Waals surface area contributed by atoms with E-state index in [-0.39, 0.29) is 39.3 Å². The van der Waals surface area contributed by atoms with Crippen LogP contribution in [0.3, 0.4) is 0 Å². The van der Waals surface area contributed by atoms with Crippen LogP contribution in [0.25, 0.3) is 83.1 Å². The average Bonchev–Trinajstić information content (AvgIpc) is 1.36. The van der Waals surface area contributed by atoms with Gasteiger partial charge < -0.3 is 24.0 Å². The third kappa shape index (κ3) is 8.44. The van der Waals surface area contributed by atoms with Crippen molar-refractivity contribution in [2.75, 3.05) is 14.7 Å². The third-order valence-electron chi connectivity index (χ3n) is 23.8. The van der Waals surface area contributed by atoms with Crippen molar-refractivity contribution in [3.8, 4) is 72.8 Å². The summed E-state index contributed by atoms with van der Waals surface area (Å²) in [4.78, 5) is 7.13. The molecular weight excluding hydrogens is 1310 g/mol. The van der Waals surface area contributed by atoms with Gasteiger partial charge in [-0.15, -0.1) is 0 Å². The number of fused-ring (bicyclic) bond motifs is 21. The highest BCUT2D eigenvalue weighted by atomic mass is 16.5. The van der Waals surface area contributed by atoms with E-state index >= 15 is 0 Å². The van der Waals surface area contributed by atoms with Crippen LogP contribution in [-0.2, 0) is 10.8 Å². The lowest BCUT2D eigenvalue weighted by atomic mass is 9.30. The number of nitrogens with zero attached hydrogens (tertiary/aromatic N) is 4. The second kappa shape index (κ2) is 22.8. The Morgan fingerprint density at radius 2 is 0.778 bits per heavy atom. The van der Waals surface area contributed by atoms with Gasteiger partial charge in [0, 0.05) is 73.5 Å². The lowest BCUT2D eigenvalue weighted by molar-refractivity contribution is 0.488. The van der Waals surface area contributed by atoms with Gasteiger partial charge in [0.05, 0.1) is 38.8 Å². The van der Waals surface area contributed by atoms with Gasteiger partial charge in [-0.2, -0.15) is 0 Å². The standard InChI is InChI=1S/C101H68B2N4O/c1-100(2,3)66-57-77(63-31-8-4-9-32-63)99(78(58-66)64-33-10-5-11-34-64)107-89-54-29-25-50-83(89)103-85-61-84-90(62-94(85)108-95-56-65(55-91(107)98(95)103)70-44-30-45-76-73-41-18-23-48-81(73)101(96(70)76)79-46-21-16-39-71(79)72-40-17-22-47-80(72)101)105(68-37-14-7-15-38-68)93-60-69(106-86-51-26-19-42-74(86)75-43-20-27-52-87(75)106)59-92-97(93)102(84)82-49-24-28-53-88(82)104(92)67-35-12-6-13-36-67/h4-62H,1-3H3/i19D,20D,26D,27D,42D,43D,51D,52D. The lowest BCUT2D eigenvalue weighted by Crippen LogP contribution is -2.64. The molecule has 108 heavy (non-hydrogen) atoms. The predicted octanol–water partition coefficient (Wildman–Crippen LogP) is 21.9. The number of hydrogen-bond donors (Lipinski definition) is 0. The molecule has 6 aliphatic rings. The fourth-order valence-corrected chi connectivity index (χ4v) is 19.4. The summed E-state index contributed by atoms with van der Waals surface area (Å²) >= 11 is 0. The number of hydrogen-bond acceptors (Lipinski definition) is 4. The van der Waals surface area contributed by atoms with Gasteiger partial charge >= 0.3 is 0 Å². The van der Waals surface area contributed by atoms with Gasteiger partial charge in [-0.25, -0.2) is 0 Å². The van der Waals surface area contributed by atoms with Crippen LogP contribution in [0.15, 0.2) is 358 Å². The molecule has 2 aliphatic carbocycles. The molecule has 16 aromatic carbocycles. The highest BCUT2D eigenvalue weighted by Gasteiger charge is 2.54. The molecule has 17 aromatic rings. The molecule has 7 heteroatoms. The molecule has 4 aliphatic heterocycles. The molecule has 0 radical (unpaired) electrons. The molecule has 0 amide bonds. The van der Waals surface area contributed by atoms with Gasteiger partial charge in [0.1, 0.15) is 11.5 Å². The maximum absolute atomic E-state index is 9.82. The first-order chi connectivity index (χ1) is 56.6. The zero-order chi connectivity index (χ0) is 78.2. The summed E-state index contributed by atoms with van der Waals surface area (Å²) in [6, 6.07) is 109. The monoisotopic (exact) mass is 1380 g/mol. The van der Waals surface area contributed by atoms with Crippen molar-refractivity contribution in [2.45, 2.75) is 31.6 Å². The van der Waals surface area contributed by atoms with Crippen LogP contribution < -0.4 is 52.2 Å². The molecule has 0 saturated carbocycles.